The maximum absolute atomic E-state index is 12.5. The first-order chi connectivity index (χ1) is 13.2. The first-order valence-corrected chi connectivity index (χ1v) is 9.20. The summed E-state index contributed by atoms with van der Waals surface area (Å²) >= 11 is 1.17. The van der Waals surface area contributed by atoms with E-state index in [2.05, 4.69) is 5.32 Å². The molecule has 0 saturated carbocycles. The summed E-state index contributed by atoms with van der Waals surface area (Å²) in [5.74, 6) is -3.37. The largest absolute Gasteiger partial charge is 0.508 e. The van der Waals surface area contributed by atoms with Gasteiger partial charge < -0.3 is 26.0 Å². The van der Waals surface area contributed by atoms with Gasteiger partial charge in [-0.3, -0.25) is 19.3 Å². The van der Waals surface area contributed by atoms with Crippen molar-refractivity contribution in [2.75, 3.05) is 5.75 Å². The fourth-order valence-corrected chi connectivity index (χ4v) is 4.17. The molecule has 2 unspecified atom stereocenters. The summed E-state index contributed by atoms with van der Waals surface area (Å²) in [5.41, 5.74) is 5.93. The number of aromatic hydroxyl groups is 1. The van der Waals surface area contributed by atoms with E-state index in [4.69, 9.17) is 10.5 Å². The van der Waals surface area contributed by atoms with E-state index in [1.165, 1.54) is 36.0 Å². The van der Waals surface area contributed by atoms with Crippen molar-refractivity contribution in [2.24, 2.45) is 5.73 Å². The first-order valence-electron chi connectivity index (χ1n) is 8.15. The number of nitrogens with two attached hydrogens (primary N) is 1. The van der Waals surface area contributed by atoms with Crippen molar-refractivity contribution in [1.29, 1.82) is 0 Å². The Morgan fingerprint density at radius 2 is 1.96 bits per heavy atom. The van der Waals surface area contributed by atoms with Crippen LogP contribution in [0.4, 0.5) is 0 Å². The minimum absolute atomic E-state index is 0.0244. The molecule has 1 fully saturated rings. The van der Waals surface area contributed by atoms with Crippen LogP contribution in [0.25, 0.3) is 0 Å². The summed E-state index contributed by atoms with van der Waals surface area (Å²) in [6.07, 6.45) is 0. The Balaban J connectivity index is 1.73. The van der Waals surface area contributed by atoms with E-state index < -0.39 is 46.9 Å². The molecule has 1 saturated heterocycles. The number of amides is 2. The van der Waals surface area contributed by atoms with Gasteiger partial charge in [0.25, 0.3) is 5.91 Å². The smallest absolute Gasteiger partial charge is 0.356 e. The molecule has 0 radical (unpaired) electrons. The summed E-state index contributed by atoms with van der Waals surface area (Å²) in [6, 6.07) is 3.73. The van der Waals surface area contributed by atoms with Crippen molar-refractivity contribution in [1.82, 2.24) is 10.2 Å². The Bertz CT molecular complexity index is 883. The molecule has 1 aromatic rings. The maximum atomic E-state index is 12.5. The predicted octanol–water partition coefficient (Wildman–Crippen LogP) is -0.349. The number of nitrogens with zero attached hydrogens (tertiary/aromatic N) is 1. The standard InChI is InChI=1S/C17H17N3O7S/c1-7(21)27-10-6-28-16-12(15(24)20(16)13(10)17(25)26)19-14(23)11(18)8-2-4-9(22)5-3-8/h2-5,11-12,16,22H,6,18H2,1H3,(H,19,23)(H,25,26)/t11?,12?,16-/m1/s1. The maximum Gasteiger partial charge on any atom is 0.356 e. The molecule has 2 amide bonds. The molecule has 0 aromatic heterocycles. The van der Waals surface area contributed by atoms with Crippen molar-refractivity contribution in [3.8, 4) is 5.75 Å². The quantitative estimate of drug-likeness (QED) is 0.378. The number of hydrogen-bond acceptors (Lipinski definition) is 8. The number of ether oxygens (including phenoxy) is 1. The molecule has 148 valence electrons. The molecule has 5 N–H and O–H groups in total. The van der Waals surface area contributed by atoms with Crippen molar-refractivity contribution in [3.05, 3.63) is 41.3 Å². The number of thioether (sulfide) groups is 1. The molecule has 3 atom stereocenters. The van der Waals surface area contributed by atoms with Gasteiger partial charge in [-0.2, -0.15) is 0 Å². The number of rotatable bonds is 5. The Hall–Kier alpha value is -3.05. The number of carbonyl (C=O) groups excluding carboxylic acids is 3. The number of esters is 1. The zero-order chi connectivity index (χ0) is 20.6. The summed E-state index contributed by atoms with van der Waals surface area (Å²) in [4.78, 5) is 48.6. The summed E-state index contributed by atoms with van der Waals surface area (Å²) in [6.45, 7) is 1.13. The summed E-state index contributed by atoms with van der Waals surface area (Å²) < 4.78 is 4.91. The highest BCUT2D eigenvalue weighted by Gasteiger charge is 2.55. The lowest BCUT2D eigenvalue weighted by atomic mass is 10.0. The average Bonchev–Trinajstić information content (AvgIpc) is 2.64. The minimum Gasteiger partial charge on any atom is -0.508 e. The third kappa shape index (κ3) is 3.53. The third-order valence-electron chi connectivity index (χ3n) is 4.24. The van der Waals surface area contributed by atoms with Crippen LogP contribution in [0, 0.1) is 0 Å². The van der Waals surface area contributed by atoms with Gasteiger partial charge in [-0.15, -0.1) is 11.8 Å². The van der Waals surface area contributed by atoms with Crippen molar-refractivity contribution in [3.63, 3.8) is 0 Å². The van der Waals surface area contributed by atoms with Crippen LogP contribution in [0.1, 0.15) is 18.5 Å². The molecule has 2 aliphatic rings. The van der Waals surface area contributed by atoms with Crippen LogP contribution in [0.5, 0.6) is 5.75 Å². The van der Waals surface area contributed by atoms with E-state index in [0.717, 1.165) is 11.8 Å². The fourth-order valence-electron chi connectivity index (χ4n) is 2.92. The number of aliphatic carboxylic acids is 1. The molecule has 0 spiro atoms. The van der Waals surface area contributed by atoms with E-state index >= 15 is 0 Å². The Morgan fingerprint density at radius 1 is 1.32 bits per heavy atom. The van der Waals surface area contributed by atoms with Crippen LogP contribution in [0.15, 0.2) is 35.7 Å². The molecule has 11 heteroatoms. The second-order valence-corrected chi connectivity index (χ2v) is 7.24. The zero-order valence-corrected chi connectivity index (χ0v) is 15.4. The second kappa shape index (κ2) is 7.52. The summed E-state index contributed by atoms with van der Waals surface area (Å²) in [7, 11) is 0. The van der Waals surface area contributed by atoms with E-state index in [1.807, 2.05) is 0 Å². The second-order valence-electron chi connectivity index (χ2n) is 6.14. The number of nitrogens with one attached hydrogen (secondary N) is 1. The van der Waals surface area contributed by atoms with Crippen LogP contribution >= 0.6 is 11.8 Å². The van der Waals surface area contributed by atoms with Gasteiger partial charge in [0, 0.05) is 6.92 Å². The average molecular weight is 407 g/mol. The fraction of sp³-hybridized carbons (Fsp3) is 0.294. The van der Waals surface area contributed by atoms with Crippen LogP contribution in [0.2, 0.25) is 0 Å². The summed E-state index contributed by atoms with van der Waals surface area (Å²) in [5, 5.41) is 20.6. The molecule has 2 heterocycles. The lowest BCUT2D eigenvalue weighted by Crippen LogP contribution is -2.71. The van der Waals surface area contributed by atoms with E-state index in [-0.39, 0.29) is 17.3 Å². The van der Waals surface area contributed by atoms with Gasteiger partial charge in [0.1, 0.15) is 29.0 Å². The zero-order valence-electron chi connectivity index (χ0n) is 14.6. The van der Waals surface area contributed by atoms with Crippen LogP contribution < -0.4 is 11.1 Å². The topological polar surface area (TPSA) is 159 Å². The van der Waals surface area contributed by atoms with Gasteiger partial charge in [-0.25, -0.2) is 4.79 Å². The highest BCUT2D eigenvalue weighted by atomic mass is 32.2. The number of phenolic OH excluding ortho intramolecular Hbond substituents is 1. The minimum atomic E-state index is -1.40. The monoisotopic (exact) mass is 407 g/mol. The van der Waals surface area contributed by atoms with Gasteiger partial charge in [0.15, 0.2) is 5.70 Å². The molecule has 0 bridgehead atoms. The van der Waals surface area contributed by atoms with E-state index in [9.17, 15) is 29.4 Å². The first kappa shape index (κ1) is 19.7. The van der Waals surface area contributed by atoms with Crippen molar-refractivity contribution in [2.45, 2.75) is 24.4 Å². The number of phenols is 1. The number of fused-ring (bicyclic) bond motifs is 1. The number of carbonyl (C=O) groups is 4. The van der Waals surface area contributed by atoms with Gasteiger partial charge in [0.05, 0.1) is 5.75 Å². The van der Waals surface area contributed by atoms with E-state index in [1.54, 1.807) is 0 Å². The van der Waals surface area contributed by atoms with Gasteiger partial charge in [-0.05, 0) is 17.7 Å². The molecule has 28 heavy (non-hydrogen) atoms. The lowest BCUT2D eigenvalue weighted by Gasteiger charge is -2.49. The van der Waals surface area contributed by atoms with Crippen LogP contribution in [-0.4, -0.2) is 56.0 Å². The molecule has 10 nitrogen and oxygen atoms in total. The Kier molecular flexibility index (Phi) is 5.29. The molecular formula is C17H17N3O7S. The Morgan fingerprint density at radius 3 is 2.54 bits per heavy atom. The van der Waals surface area contributed by atoms with Crippen LogP contribution in [-0.2, 0) is 23.9 Å². The number of benzene rings is 1. The third-order valence-corrected chi connectivity index (χ3v) is 5.49. The van der Waals surface area contributed by atoms with Gasteiger partial charge in [-0.1, -0.05) is 12.1 Å². The van der Waals surface area contributed by atoms with Crippen LogP contribution in [0.3, 0.4) is 0 Å². The molecule has 1 aromatic carbocycles. The number of carboxylic acid groups (broad SMARTS) is 1. The van der Waals surface area contributed by atoms with Crippen molar-refractivity contribution >= 4 is 35.5 Å². The van der Waals surface area contributed by atoms with Crippen molar-refractivity contribution < 1.29 is 34.1 Å². The molecule has 0 aliphatic carbocycles. The highest BCUT2D eigenvalue weighted by molar-refractivity contribution is 8.00. The predicted molar refractivity (Wildman–Crippen MR) is 96.5 cm³/mol. The van der Waals surface area contributed by atoms with E-state index in [0.29, 0.717) is 5.56 Å². The Labute approximate surface area is 163 Å². The normalized spacial score (nSPS) is 22.1. The van der Waals surface area contributed by atoms with Gasteiger partial charge in [0.2, 0.25) is 5.91 Å². The number of β-lactam (4-membered cyclic amide) rings is 1. The molecule has 2 aliphatic heterocycles. The highest BCUT2D eigenvalue weighted by Crippen LogP contribution is 2.40. The SMILES string of the molecule is CC(=O)OC1=C(C(=O)O)N2C(=O)C(NC(=O)C(N)c3ccc(O)cc3)[C@H]2SC1. The number of carboxylic acids is 1. The molecule has 3 rings (SSSR count). The molecular weight excluding hydrogens is 390 g/mol. The lowest BCUT2D eigenvalue weighted by molar-refractivity contribution is -0.152. The number of hydrogen-bond donors (Lipinski definition) is 4. The van der Waals surface area contributed by atoms with Gasteiger partial charge >= 0.3 is 11.9 Å².